The quantitative estimate of drug-likeness (QED) is 0.813. The maximum atomic E-state index is 5.94. The molecule has 0 aliphatic carbocycles. The number of nitrogens with zero attached hydrogens (tertiary/aromatic N) is 2. The molecule has 0 saturated carbocycles. The van der Waals surface area contributed by atoms with Crippen molar-refractivity contribution in [1.82, 2.24) is 14.9 Å². The summed E-state index contributed by atoms with van der Waals surface area (Å²) in [5, 5.41) is 3.23. The van der Waals surface area contributed by atoms with E-state index in [1.54, 1.807) is 0 Å². The second-order valence-corrected chi connectivity index (χ2v) is 4.23. The molecule has 3 N–H and O–H groups in total. The Morgan fingerprint density at radius 3 is 2.81 bits per heavy atom. The third kappa shape index (κ3) is 1.81. The van der Waals surface area contributed by atoms with Crippen LogP contribution >= 0.6 is 0 Å². The first kappa shape index (κ1) is 11.1. The normalized spacial score (nSPS) is 15.2. The molecule has 4 heteroatoms. The molecule has 86 valence electrons. The lowest BCUT2D eigenvalue weighted by molar-refractivity contribution is 0.504. The van der Waals surface area contributed by atoms with Gasteiger partial charge in [-0.1, -0.05) is 6.07 Å². The lowest BCUT2D eigenvalue weighted by atomic mass is 10.0. The van der Waals surface area contributed by atoms with Crippen LogP contribution in [0, 0.1) is 0 Å². The number of nitrogens with two attached hydrogens (primary N) is 1. The number of hydrogen-bond acceptors (Lipinski definition) is 3. The molecule has 0 radical (unpaired) electrons. The van der Waals surface area contributed by atoms with Crippen molar-refractivity contribution in [3.8, 4) is 0 Å². The fourth-order valence-corrected chi connectivity index (χ4v) is 2.08. The molecule has 0 amide bonds. The summed E-state index contributed by atoms with van der Waals surface area (Å²) < 4.78 is 2.01. The minimum absolute atomic E-state index is 0.0752. The molecule has 16 heavy (non-hydrogen) atoms. The van der Waals surface area contributed by atoms with Gasteiger partial charge in [0.15, 0.2) is 0 Å². The minimum atomic E-state index is 0.0752. The van der Waals surface area contributed by atoms with Gasteiger partial charge in [0.2, 0.25) is 0 Å². The van der Waals surface area contributed by atoms with E-state index < -0.39 is 0 Å². The maximum Gasteiger partial charge on any atom is 0.0955 e. The molecule has 0 aliphatic rings. The first-order chi connectivity index (χ1) is 7.63. The van der Waals surface area contributed by atoms with Crippen LogP contribution in [0.4, 0.5) is 0 Å². The molecule has 0 spiro atoms. The highest BCUT2D eigenvalue weighted by molar-refractivity contribution is 5.76. The second kappa shape index (κ2) is 4.23. The first-order valence-corrected chi connectivity index (χ1v) is 5.47. The Hall–Kier alpha value is -1.39. The first-order valence-electron chi connectivity index (χ1n) is 5.47. The SMILES string of the molecule is CNC(c1ccc2c(c1)ncn2C)C(C)N. The van der Waals surface area contributed by atoms with E-state index in [1.807, 2.05) is 31.9 Å². The number of likely N-dealkylation sites (N-methyl/N-ethyl adjacent to an activating group) is 1. The lowest BCUT2D eigenvalue weighted by Crippen LogP contribution is -2.33. The van der Waals surface area contributed by atoms with Gasteiger partial charge in [-0.25, -0.2) is 4.98 Å². The van der Waals surface area contributed by atoms with E-state index in [0.29, 0.717) is 0 Å². The average molecular weight is 218 g/mol. The molecule has 4 nitrogen and oxygen atoms in total. The fourth-order valence-electron chi connectivity index (χ4n) is 2.08. The van der Waals surface area contributed by atoms with E-state index in [-0.39, 0.29) is 12.1 Å². The monoisotopic (exact) mass is 218 g/mol. The maximum absolute atomic E-state index is 5.94. The Bertz CT molecular complexity index is 487. The van der Waals surface area contributed by atoms with Crippen molar-refractivity contribution >= 4 is 11.0 Å². The summed E-state index contributed by atoms with van der Waals surface area (Å²) in [7, 11) is 3.92. The van der Waals surface area contributed by atoms with Gasteiger partial charge in [-0.3, -0.25) is 0 Å². The average Bonchev–Trinajstić information content (AvgIpc) is 2.61. The number of benzene rings is 1. The van der Waals surface area contributed by atoms with Crippen LogP contribution in [0.2, 0.25) is 0 Å². The molecule has 1 heterocycles. The Kier molecular flexibility index (Phi) is 2.94. The Labute approximate surface area is 95.5 Å². The second-order valence-electron chi connectivity index (χ2n) is 4.23. The molecule has 0 bridgehead atoms. The number of imidazole rings is 1. The van der Waals surface area contributed by atoms with Crippen LogP contribution in [0.3, 0.4) is 0 Å². The van der Waals surface area contributed by atoms with Crippen LogP contribution < -0.4 is 11.1 Å². The topological polar surface area (TPSA) is 55.9 Å². The van der Waals surface area contributed by atoms with Crippen LogP contribution in [0.25, 0.3) is 11.0 Å². The van der Waals surface area contributed by atoms with E-state index in [2.05, 4.69) is 28.5 Å². The summed E-state index contributed by atoms with van der Waals surface area (Å²) in [6.45, 7) is 2.00. The number of rotatable bonds is 3. The number of aromatic nitrogens is 2. The molecule has 1 aromatic heterocycles. The zero-order valence-corrected chi connectivity index (χ0v) is 9.94. The molecule has 0 aliphatic heterocycles. The molecule has 0 fully saturated rings. The van der Waals surface area contributed by atoms with Crippen molar-refractivity contribution in [3.05, 3.63) is 30.1 Å². The van der Waals surface area contributed by atoms with Crippen molar-refractivity contribution in [2.75, 3.05) is 7.05 Å². The molecule has 1 aromatic carbocycles. The van der Waals surface area contributed by atoms with E-state index >= 15 is 0 Å². The van der Waals surface area contributed by atoms with Crippen LogP contribution in [0.5, 0.6) is 0 Å². The van der Waals surface area contributed by atoms with Gasteiger partial charge >= 0.3 is 0 Å². The Morgan fingerprint density at radius 1 is 1.44 bits per heavy atom. The van der Waals surface area contributed by atoms with E-state index in [9.17, 15) is 0 Å². The Morgan fingerprint density at radius 2 is 2.19 bits per heavy atom. The van der Waals surface area contributed by atoms with E-state index in [1.165, 1.54) is 5.56 Å². The van der Waals surface area contributed by atoms with Gasteiger partial charge in [-0.2, -0.15) is 0 Å². The number of hydrogen-bond donors (Lipinski definition) is 2. The van der Waals surface area contributed by atoms with Crippen LogP contribution in [-0.2, 0) is 7.05 Å². The highest BCUT2D eigenvalue weighted by atomic mass is 15.0. The highest BCUT2D eigenvalue weighted by Crippen LogP contribution is 2.20. The number of fused-ring (bicyclic) bond motifs is 1. The molecule has 2 aromatic rings. The van der Waals surface area contributed by atoms with Gasteiger partial charge in [0.25, 0.3) is 0 Å². The summed E-state index contributed by atoms with van der Waals surface area (Å²) in [6.07, 6.45) is 1.83. The third-order valence-corrected chi connectivity index (χ3v) is 2.95. The number of nitrogens with one attached hydrogen (secondary N) is 1. The summed E-state index contributed by atoms with van der Waals surface area (Å²) in [5.74, 6) is 0. The van der Waals surface area contributed by atoms with Gasteiger partial charge < -0.3 is 15.6 Å². The summed E-state index contributed by atoms with van der Waals surface area (Å²) in [6, 6.07) is 6.54. The standard InChI is InChI=1S/C12H18N4/c1-8(13)12(14-2)9-4-5-11-10(6-9)15-7-16(11)3/h4-8,12,14H,13H2,1-3H3. The van der Waals surface area contributed by atoms with Gasteiger partial charge in [0, 0.05) is 19.1 Å². The van der Waals surface area contributed by atoms with Crippen molar-refractivity contribution in [3.63, 3.8) is 0 Å². The molecular formula is C12H18N4. The van der Waals surface area contributed by atoms with Crippen molar-refractivity contribution in [2.45, 2.75) is 19.0 Å². The molecule has 2 atom stereocenters. The summed E-state index contributed by atoms with van der Waals surface area (Å²) in [4.78, 5) is 4.35. The summed E-state index contributed by atoms with van der Waals surface area (Å²) in [5.41, 5.74) is 9.28. The highest BCUT2D eigenvalue weighted by Gasteiger charge is 2.14. The predicted octanol–water partition coefficient (Wildman–Crippen LogP) is 1.18. The predicted molar refractivity (Wildman–Crippen MR) is 66.2 cm³/mol. The van der Waals surface area contributed by atoms with Crippen LogP contribution in [-0.4, -0.2) is 22.6 Å². The Balaban J connectivity index is 2.46. The van der Waals surface area contributed by atoms with Crippen molar-refractivity contribution < 1.29 is 0 Å². The van der Waals surface area contributed by atoms with Gasteiger partial charge in [0.1, 0.15) is 0 Å². The largest absolute Gasteiger partial charge is 0.334 e. The van der Waals surface area contributed by atoms with Gasteiger partial charge in [0.05, 0.1) is 17.4 Å². The van der Waals surface area contributed by atoms with Crippen molar-refractivity contribution in [2.24, 2.45) is 12.8 Å². The van der Waals surface area contributed by atoms with Crippen LogP contribution in [0.15, 0.2) is 24.5 Å². The smallest absolute Gasteiger partial charge is 0.0955 e. The zero-order valence-electron chi connectivity index (χ0n) is 9.94. The molecular weight excluding hydrogens is 200 g/mol. The molecule has 2 rings (SSSR count). The van der Waals surface area contributed by atoms with E-state index in [0.717, 1.165) is 11.0 Å². The third-order valence-electron chi connectivity index (χ3n) is 2.95. The fraction of sp³-hybridized carbons (Fsp3) is 0.417. The minimum Gasteiger partial charge on any atom is -0.334 e. The van der Waals surface area contributed by atoms with Gasteiger partial charge in [-0.05, 0) is 31.7 Å². The summed E-state index contributed by atoms with van der Waals surface area (Å²) >= 11 is 0. The molecule has 2 unspecified atom stereocenters. The van der Waals surface area contributed by atoms with Crippen LogP contribution in [0.1, 0.15) is 18.5 Å². The van der Waals surface area contributed by atoms with E-state index in [4.69, 9.17) is 5.73 Å². The molecule has 0 saturated heterocycles. The zero-order chi connectivity index (χ0) is 11.7. The van der Waals surface area contributed by atoms with Crippen molar-refractivity contribution in [1.29, 1.82) is 0 Å². The number of aryl methyl sites for hydroxylation is 1. The lowest BCUT2D eigenvalue weighted by Gasteiger charge is -2.20. The van der Waals surface area contributed by atoms with Gasteiger partial charge in [-0.15, -0.1) is 0 Å².